The van der Waals surface area contributed by atoms with E-state index in [1.807, 2.05) is 65.2 Å². The number of aromatic nitrogens is 2. The number of aryl methyl sites for hydroxylation is 1. The van der Waals surface area contributed by atoms with Gasteiger partial charge in [-0.25, -0.2) is 4.98 Å². The van der Waals surface area contributed by atoms with Crippen molar-refractivity contribution < 1.29 is 4.74 Å². The molecule has 2 heterocycles. The van der Waals surface area contributed by atoms with Gasteiger partial charge in [-0.2, -0.15) is 5.26 Å². The molecule has 0 N–H and O–H groups in total. The van der Waals surface area contributed by atoms with Crippen LogP contribution in [0.5, 0.6) is 5.75 Å². The molecule has 0 bridgehead atoms. The van der Waals surface area contributed by atoms with Gasteiger partial charge in [0.2, 0.25) is 0 Å². The van der Waals surface area contributed by atoms with E-state index in [4.69, 9.17) is 9.72 Å². The van der Waals surface area contributed by atoms with Crippen molar-refractivity contribution in [1.82, 2.24) is 9.55 Å². The number of rotatable bonds is 9. The van der Waals surface area contributed by atoms with Gasteiger partial charge in [0.1, 0.15) is 17.6 Å². The Kier molecular flexibility index (Phi) is 7.02. The second-order valence-corrected chi connectivity index (χ2v) is 10.7. The molecule has 0 atom stereocenters. The van der Waals surface area contributed by atoms with Crippen molar-refractivity contribution in [2.24, 2.45) is 5.92 Å². The van der Waals surface area contributed by atoms with Crippen LogP contribution >= 0.6 is 0 Å². The third-order valence-electron chi connectivity index (χ3n) is 7.91. The molecule has 1 aromatic heterocycles. The van der Waals surface area contributed by atoms with Crippen LogP contribution in [0.4, 0.5) is 0 Å². The SMILES string of the molecule is CCCCc1nc(CC2CC2)n(-c2ccc3c(c2)CCO3)c(=O)c1Cc1cccc(-c2ccccc2)c1C#N. The van der Waals surface area contributed by atoms with Crippen LogP contribution in [0.2, 0.25) is 0 Å². The standard InChI is InChI=1S/C34H33N3O2/c1-2-3-12-31-29(21-25-10-7-11-28(30(25)22-35)24-8-5-4-6-9-24)34(38)37(33(36-31)19-23-13-14-23)27-15-16-32-26(20-27)17-18-39-32/h4-11,15-16,20,23H,2-3,12-14,17-19,21H2,1H3. The van der Waals surface area contributed by atoms with E-state index < -0.39 is 0 Å². The van der Waals surface area contributed by atoms with Crippen molar-refractivity contribution in [2.45, 2.75) is 58.3 Å². The van der Waals surface area contributed by atoms with Crippen molar-refractivity contribution in [3.05, 3.63) is 111 Å². The Morgan fingerprint density at radius 3 is 2.69 bits per heavy atom. The van der Waals surface area contributed by atoms with E-state index in [0.717, 1.165) is 77.3 Å². The first kappa shape index (κ1) is 25.1. The molecule has 1 aliphatic heterocycles. The summed E-state index contributed by atoms with van der Waals surface area (Å²) in [4.78, 5) is 19.6. The predicted molar refractivity (Wildman–Crippen MR) is 153 cm³/mol. The minimum Gasteiger partial charge on any atom is -0.493 e. The monoisotopic (exact) mass is 515 g/mol. The predicted octanol–water partition coefficient (Wildman–Crippen LogP) is 6.59. The Bertz CT molecular complexity index is 1610. The molecule has 1 saturated carbocycles. The third kappa shape index (κ3) is 5.12. The van der Waals surface area contributed by atoms with Gasteiger partial charge in [-0.1, -0.05) is 61.9 Å². The van der Waals surface area contributed by atoms with Crippen molar-refractivity contribution in [2.75, 3.05) is 6.61 Å². The quantitative estimate of drug-likeness (QED) is 0.252. The minimum atomic E-state index is -0.0142. The van der Waals surface area contributed by atoms with Gasteiger partial charge in [0.05, 0.1) is 23.6 Å². The highest BCUT2D eigenvalue weighted by molar-refractivity contribution is 5.72. The number of hydrogen-bond acceptors (Lipinski definition) is 4. The summed E-state index contributed by atoms with van der Waals surface area (Å²) in [6.45, 7) is 2.84. The Morgan fingerprint density at radius 1 is 1.08 bits per heavy atom. The highest BCUT2D eigenvalue weighted by Gasteiger charge is 2.27. The molecule has 0 radical (unpaired) electrons. The third-order valence-corrected chi connectivity index (χ3v) is 7.91. The van der Waals surface area contributed by atoms with Crippen molar-refractivity contribution in [3.8, 4) is 28.6 Å². The fourth-order valence-electron chi connectivity index (χ4n) is 5.60. The van der Waals surface area contributed by atoms with E-state index in [2.05, 4.69) is 19.1 Å². The average molecular weight is 516 g/mol. The molecule has 1 fully saturated rings. The topological polar surface area (TPSA) is 67.9 Å². The van der Waals surface area contributed by atoms with E-state index in [9.17, 15) is 10.1 Å². The highest BCUT2D eigenvalue weighted by Crippen LogP contribution is 2.34. The van der Waals surface area contributed by atoms with E-state index in [0.29, 0.717) is 30.1 Å². The zero-order valence-electron chi connectivity index (χ0n) is 22.5. The fraction of sp³-hybridized carbons (Fsp3) is 0.324. The first-order valence-corrected chi connectivity index (χ1v) is 14.1. The summed E-state index contributed by atoms with van der Waals surface area (Å²) in [6, 6.07) is 24.4. The van der Waals surface area contributed by atoms with Crippen LogP contribution in [0.15, 0.2) is 71.5 Å². The van der Waals surface area contributed by atoms with Crippen LogP contribution in [-0.2, 0) is 25.7 Å². The lowest BCUT2D eigenvalue weighted by Gasteiger charge is -2.19. The van der Waals surface area contributed by atoms with E-state index in [-0.39, 0.29) is 5.56 Å². The van der Waals surface area contributed by atoms with Gasteiger partial charge in [-0.05, 0) is 72.1 Å². The number of fused-ring (bicyclic) bond motifs is 1. The number of nitrogens with zero attached hydrogens (tertiary/aromatic N) is 3. The largest absolute Gasteiger partial charge is 0.493 e. The minimum absolute atomic E-state index is 0.0142. The zero-order chi connectivity index (χ0) is 26.8. The van der Waals surface area contributed by atoms with E-state index in [1.54, 1.807) is 0 Å². The van der Waals surface area contributed by atoms with Gasteiger partial charge in [0, 0.05) is 24.8 Å². The molecule has 1 aliphatic carbocycles. The molecule has 5 nitrogen and oxygen atoms in total. The number of benzene rings is 3. The second kappa shape index (κ2) is 10.9. The maximum absolute atomic E-state index is 14.4. The fourth-order valence-corrected chi connectivity index (χ4v) is 5.60. The van der Waals surface area contributed by atoms with Gasteiger partial charge in [0.15, 0.2) is 0 Å². The van der Waals surface area contributed by atoms with Crippen LogP contribution in [0.3, 0.4) is 0 Å². The van der Waals surface area contributed by atoms with Crippen LogP contribution in [0.25, 0.3) is 16.8 Å². The molecule has 2 aliphatic rings. The van der Waals surface area contributed by atoms with Gasteiger partial charge >= 0.3 is 0 Å². The summed E-state index contributed by atoms with van der Waals surface area (Å²) in [6.07, 6.45) is 7.19. The lowest BCUT2D eigenvalue weighted by molar-refractivity contribution is 0.357. The lowest BCUT2D eigenvalue weighted by Crippen LogP contribution is -2.30. The normalized spacial score (nSPS) is 14.1. The molecule has 0 amide bonds. The van der Waals surface area contributed by atoms with Gasteiger partial charge < -0.3 is 4.74 Å². The summed E-state index contributed by atoms with van der Waals surface area (Å²) in [5.74, 6) is 2.35. The highest BCUT2D eigenvalue weighted by atomic mass is 16.5. The molecule has 4 aromatic rings. The number of nitriles is 1. The molecule has 196 valence electrons. The molecule has 0 spiro atoms. The van der Waals surface area contributed by atoms with Crippen molar-refractivity contribution in [1.29, 1.82) is 5.26 Å². The Labute approximate surface area is 229 Å². The molecule has 39 heavy (non-hydrogen) atoms. The van der Waals surface area contributed by atoms with Gasteiger partial charge in [0.25, 0.3) is 5.56 Å². The van der Waals surface area contributed by atoms with Crippen molar-refractivity contribution in [3.63, 3.8) is 0 Å². The molecule has 6 rings (SSSR count). The summed E-state index contributed by atoms with van der Waals surface area (Å²) in [5.41, 5.74) is 6.92. The summed E-state index contributed by atoms with van der Waals surface area (Å²) in [5, 5.41) is 10.2. The Hall–Kier alpha value is -4.17. The van der Waals surface area contributed by atoms with E-state index in [1.165, 1.54) is 12.8 Å². The summed E-state index contributed by atoms with van der Waals surface area (Å²) < 4.78 is 7.57. The summed E-state index contributed by atoms with van der Waals surface area (Å²) >= 11 is 0. The second-order valence-electron chi connectivity index (χ2n) is 10.7. The summed E-state index contributed by atoms with van der Waals surface area (Å²) in [7, 11) is 0. The van der Waals surface area contributed by atoms with Crippen LogP contribution in [0.1, 0.15) is 66.4 Å². The number of hydrogen-bond donors (Lipinski definition) is 0. The maximum Gasteiger partial charge on any atom is 0.261 e. The van der Waals surface area contributed by atoms with Crippen LogP contribution in [0, 0.1) is 17.2 Å². The number of ether oxygens (including phenoxy) is 1. The average Bonchev–Trinajstić information content (AvgIpc) is 3.66. The Morgan fingerprint density at radius 2 is 1.92 bits per heavy atom. The van der Waals surface area contributed by atoms with Crippen molar-refractivity contribution >= 4 is 0 Å². The number of unbranched alkanes of at least 4 members (excludes halogenated alkanes) is 1. The smallest absolute Gasteiger partial charge is 0.261 e. The first-order chi connectivity index (χ1) is 19.2. The molecular formula is C34H33N3O2. The van der Waals surface area contributed by atoms with E-state index >= 15 is 0 Å². The molecule has 0 unspecified atom stereocenters. The van der Waals surface area contributed by atoms with Gasteiger partial charge in [-0.3, -0.25) is 9.36 Å². The molecule has 5 heteroatoms. The Balaban J connectivity index is 1.50. The lowest BCUT2D eigenvalue weighted by atomic mass is 9.92. The molecule has 0 saturated heterocycles. The first-order valence-electron chi connectivity index (χ1n) is 14.1. The molecular weight excluding hydrogens is 482 g/mol. The van der Waals surface area contributed by atoms with Crippen LogP contribution < -0.4 is 10.3 Å². The van der Waals surface area contributed by atoms with Gasteiger partial charge in [-0.15, -0.1) is 0 Å². The van der Waals surface area contributed by atoms with Crippen LogP contribution in [-0.4, -0.2) is 16.2 Å². The molecule has 3 aromatic carbocycles. The zero-order valence-corrected chi connectivity index (χ0v) is 22.5. The maximum atomic E-state index is 14.4.